The van der Waals surface area contributed by atoms with Gasteiger partial charge in [-0.25, -0.2) is 0 Å². The summed E-state index contributed by atoms with van der Waals surface area (Å²) < 4.78 is 1.77. The SMILES string of the molecule is CCCCn1nc(C)c(/C=C/C(=O)N[C@H](C)CCO)c1Cl. The zero-order chi connectivity index (χ0) is 15.8. The van der Waals surface area contributed by atoms with Crippen LogP contribution in [0.3, 0.4) is 0 Å². The maximum absolute atomic E-state index is 11.8. The second-order valence-electron chi connectivity index (χ2n) is 5.12. The summed E-state index contributed by atoms with van der Waals surface area (Å²) in [7, 11) is 0. The molecule has 1 rings (SSSR count). The number of nitrogens with zero attached hydrogens (tertiary/aromatic N) is 2. The number of aryl methyl sites for hydroxylation is 2. The van der Waals surface area contributed by atoms with Gasteiger partial charge in [0.1, 0.15) is 5.15 Å². The molecule has 0 aliphatic rings. The fourth-order valence-electron chi connectivity index (χ4n) is 1.93. The van der Waals surface area contributed by atoms with Crippen LogP contribution in [-0.4, -0.2) is 33.4 Å². The maximum atomic E-state index is 11.8. The molecule has 0 unspecified atom stereocenters. The molecule has 0 aliphatic carbocycles. The molecule has 0 radical (unpaired) electrons. The fraction of sp³-hybridized carbons (Fsp3) is 0.600. The summed E-state index contributed by atoms with van der Waals surface area (Å²) in [4.78, 5) is 11.8. The van der Waals surface area contributed by atoms with E-state index in [9.17, 15) is 4.79 Å². The Hall–Kier alpha value is -1.33. The first kappa shape index (κ1) is 17.7. The number of rotatable bonds is 8. The van der Waals surface area contributed by atoms with Crippen LogP contribution in [0, 0.1) is 6.92 Å². The largest absolute Gasteiger partial charge is 0.396 e. The predicted octanol–water partition coefficient (Wildman–Crippen LogP) is 2.55. The predicted molar refractivity (Wildman–Crippen MR) is 85.2 cm³/mol. The van der Waals surface area contributed by atoms with Gasteiger partial charge >= 0.3 is 0 Å². The summed E-state index contributed by atoms with van der Waals surface area (Å²) >= 11 is 6.29. The quantitative estimate of drug-likeness (QED) is 0.725. The number of nitrogens with one attached hydrogen (secondary N) is 1. The van der Waals surface area contributed by atoms with Gasteiger partial charge in [0.25, 0.3) is 0 Å². The van der Waals surface area contributed by atoms with Crippen LogP contribution in [0.4, 0.5) is 0 Å². The molecule has 6 heteroatoms. The Morgan fingerprint density at radius 3 is 2.90 bits per heavy atom. The van der Waals surface area contributed by atoms with Crippen LogP contribution in [0.1, 0.15) is 44.4 Å². The number of unbranched alkanes of at least 4 members (excludes halogenated alkanes) is 1. The van der Waals surface area contributed by atoms with Crippen LogP contribution in [0.15, 0.2) is 6.08 Å². The van der Waals surface area contributed by atoms with Crippen LogP contribution in [0.5, 0.6) is 0 Å². The van der Waals surface area contributed by atoms with Gasteiger partial charge in [-0.05, 0) is 32.8 Å². The molecule has 0 saturated carbocycles. The van der Waals surface area contributed by atoms with E-state index in [-0.39, 0.29) is 18.6 Å². The van der Waals surface area contributed by atoms with E-state index in [1.54, 1.807) is 10.8 Å². The van der Waals surface area contributed by atoms with Gasteiger partial charge in [0.05, 0.1) is 5.69 Å². The molecule has 1 aromatic rings. The molecule has 1 heterocycles. The molecule has 0 aromatic carbocycles. The summed E-state index contributed by atoms with van der Waals surface area (Å²) in [5.74, 6) is -0.201. The molecule has 0 aliphatic heterocycles. The Kier molecular flexibility index (Phi) is 7.47. The minimum absolute atomic E-state index is 0.0558. The zero-order valence-corrected chi connectivity index (χ0v) is 13.7. The number of aliphatic hydroxyl groups is 1. The highest BCUT2D eigenvalue weighted by Crippen LogP contribution is 2.21. The lowest BCUT2D eigenvalue weighted by atomic mass is 10.2. The Morgan fingerprint density at radius 1 is 1.57 bits per heavy atom. The number of carbonyl (C=O) groups is 1. The first-order valence-electron chi connectivity index (χ1n) is 7.31. The van der Waals surface area contributed by atoms with E-state index < -0.39 is 0 Å². The molecule has 5 nitrogen and oxygen atoms in total. The molecule has 0 bridgehead atoms. The van der Waals surface area contributed by atoms with E-state index in [1.807, 2.05) is 13.8 Å². The highest BCUT2D eigenvalue weighted by Gasteiger charge is 2.11. The molecule has 1 atom stereocenters. The zero-order valence-electron chi connectivity index (χ0n) is 12.9. The topological polar surface area (TPSA) is 67.2 Å². The first-order chi connectivity index (χ1) is 9.99. The first-order valence-corrected chi connectivity index (χ1v) is 7.69. The van der Waals surface area contributed by atoms with Crippen molar-refractivity contribution in [3.05, 3.63) is 22.5 Å². The molecule has 1 amide bonds. The Balaban J connectivity index is 2.71. The van der Waals surface area contributed by atoms with Crippen LogP contribution >= 0.6 is 11.6 Å². The number of aromatic nitrogens is 2. The van der Waals surface area contributed by atoms with Gasteiger partial charge < -0.3 is 10.4 Å². The molecular formula is C15H24ClN3O2. The van der Waals surface area contributed by atoms with Crippen LogP contribution in [-0.2, 0) is 11.3 Å². The molecule has 0 fully saturated rings. The maximum Gasteiger partial charge on any atom is 0.244 e. The van der Waals surface area contributed by atoms with E-state index in [2.05, 4.69) is 17.3 Å². The van der Waals surface area contributed by atoms with E-state index in [0.717, 1.165) is 30.6 Å². The summed E-state index contributed by atoms with van der Waals surface area (Å²) in [5, 5.41) is 16.5. The third-order valence-corrected chi connectivity index (χ3v) is 3.58. The third kappa shape index (κ3) is 5.52. The summed E-state index contributed by atoms with van der Waals surface area (Å²) in [5.41, 5.74) is 1.58. The van der Waals surface area contributed by atoms with Gasteiger partial charge in [-0.15, -0.1) is 0 Å². The van der Waals surface area contributed by atoms with Crippen molar-refractivity contribution in [2.75, 3.05) is 6.61 Å². The van der Waals surface area contributed by atoms with E-state index >= 15 is 0 Å². The smallest absolute Gasteiger partial charge is 0.244 e. The molecular weight excluding hydrogens is 290 g/mol. The fourth-order valence-corrected chi connectivity index (χ4v) is 2.25. The summed E-state index contributed by atoms with van der Waals surface area (Å²) in [6.45, 7) is 6.68. The molecule has 21 heavy (non-hydrogen) atoms. The number of carbonyl (C=O) groups excluding carboxylic acids is 1. The molecule has 2 N–H and O–H groups in total. The van der Waals surface area contributed by atoms with Crippen molar-refractivity contribution in [1.82, 2.24) is 15.1 Å². The number of aliphatic hydroxyl groups excluding tert-OH is 1. The highest BCUT2D eigenvalue weighted by molar-refractivity contribution is 6.31. The summed E-state index contributed by atoms with van der Waals surface area (Å²) in [6.07, 6.45) is 5.77. The Labute approximate surface area is 131 Å². The van der Waals surface area contributed by atoms with Gasteiger partial charge in [0.15, 0.2) is 0 Å². The second kappa shape index (κ2) is 8.85. The van der Waals surface area contributed by atoms with Crippen molar-refractivity contribution in [2.45, 2.75) is 52.6 Å². The number of halogens is 1. The van der Waals surface area contributed by atoms with Crippen LogP contribution < -0.4 is 5.32 Å². The van der Waals surface area contributed by atoms with Crippen molar-refractivity contribution < 1.29 is 9.90 Å². The molecule has 0 saturated heterocycles. The molecule has 1 aromatic heterocycles. The van der Waals surface area contributed by atoms with E-state index in [4.69, 9.17) is 16.7 Å². The second-order valence-corrected chi connectivity index (χ2v) is 5.48. The van der Waals surface area contributed by atoms with Gasteiger partial charge in [-0.3, -0.25) is 9.48 Å². The van der Waals surface area contributed by atoms with Gasteiger partial charge in [0, 0.05) is 30.8 Å². The average molecular weight is 314 g/mol. The van der Waals surface area contributed by atoms with Crippen molar-refractivity contribution >= 4 is 23.6 Å². The lowest BCUT2D eigenvalue weighted by molar-refractivity contribution is -0.117. The standard InChI is InChI=1S/C15H24ClN3O2/c1-4-5-9-19-15(16)13(12(3)18-19)6-7-14(21)17-11(2)8-10-20/h6-7,11,20H,4-5,8-10H2,1-3H3,(H,17,21)/b7-6+/t11-/m1/s1. The summed E-state index contributed by atoms with van der Waals surface area (Å²) in [6, 6.07) is -0.0593. The van der Waals surface area contributed by atoms with E-state index in [1.165, 1.54) is 6.08 Å². The molecule has 118 valence electrons. The van der Waals surface area contributed by atoms with Gasteiger partial charge in [0.2, 0.25) is 5.91 Å². The van der Waals surface area contributed by atoms with Gasteiger partial charge in [-0.1, -0.05) is 24.9 Å². The normalized spacial score (nSPS) is 12.8. The lowest BCUT2D eigenvalue weighted by Gasteiger charge is -2.09. The van der Waals surface area contributed by atoms with Crippen molar-refractivity contribution in [3.8, 4) is 0 Å². The minimum Gasteiger partial charge on any atom is -0.396 e. The highest BCUT2D eigenvalue weighted by atomic mass is 35.5. The number of hydrogen-bond acceptors (Lipinski definition) is 3. The van der Waals surface area contributed by atoms with Gasteiger partial charge in [-0.2, -0.15) is 5.10 Å². The van der Waals surface area contributed by atoms with Crippen molar-refractivity contribution in [1.29, 1.82) is 0 Å². The molecule has 0 spiro atoms. The Bertz CT molecular complexity index is 497. The lowest BCUT2D eigenvalue weighted by Crippen LogP contribution is -2.31. The number of hydrogen-bond donors (Lipinski definition) is 2. The van der Waals surface area contributed by atoms with Crippen LogP contribution in [0.2, 0.25) is 5.15 Å². The number of amides is 1. The monoisotopic (exact) mass is 313 g/mol. The third-order valence-electron chi connectivity index (χ3n) is 3.18. The van der Waals surface area contributed by atoms with Crippen LogP contribution in [0.25, 0.3) is 6.08 Å². The van der Waals surface area contributed by atoms with Crippen molar-refractivity contribution in [3.63, 3.8) is 0 Å². The Morgan fingerprint density at radius 2 is 2.29 bits per heavy atom. The minimum atomic E-state index is -0.201. The average Bonchev–Trinajstić information content (AvgIpc) is 2.69. The van der Waals surface area contributed by atoms with E-state index in [0.29, 0.717) is 11.6 Å². The van der Waals surface area contributed by atoms with Crippen molar-refractivity contribution in [2.24, 2.45) is 0 Å².